The van der Waals surface area contributed by atoms with Crippen LogP contribution in [-0.2, 0) is 36.8 Å². The van der Waals surface area contributed by atoms with E-state index in [1.165, 1.54) is 4.90 Å². The Kier molecular flexibility index (Phi) is 8.31. The van der Waals surface area contributed by atoms with Crippen molar-refractivity contribution in [1.82, 2.24) is 15.3 Å². The number of nitrogens with one attached hydrogen (secondary N) is 1. The van der Waals surface area contributed by atoms with Gasteiger partial charge in [-0.2, -0.15) is 0 Å². The van der Waals surface area contributed by atoms with Crippen molar-refractivity contribution < 1.29 is 38.2 Å². The second kappa shape index (κ2) is 12.0. The molecule has 2 fully saturated rings. The highest BCUT2D eigenvalue weighted by Gasteiger charge is 2.34. The van der Waals surface area contributed by atoms with E-state index in [9.17, 15) is 24.0 Å². The molecule has 0 aliphatic carbocycles. The van der Waals surface area contributed by atoms with Crippen LogP contribution in [0.1, 0.15) is 45.0 Å². The van der Waals surface area contributed by atoms with Gasteiger partial charge in [-0.25, -0.2) is 14.8 Å². The van der Waals surface area contributed by atoms with Crippen molar-refractivity contribution in [3.63, 3.8) is 0 Å². The predicted octanol–water partition coefficient (Wildman–Crippen LogP) is 0.865. The van der Waals surface area contributed by atoms with E-state index in [0.717, 1.165) is 0 Å². The number of ether oxygens (including phenoxy) is 3. The van der Waals surface area contributed by atoms with Crippen LogP contribution in [0.15, 0.2) is 24.3 Å². The van der Waals surface area contributed by atoms with Gasteiger partial charge in [-0.3, -0.25) is 29.0 Å². The van der Waals surface area contributed by atoms with Gasteiger partial charge in [0.2, 0.25) is 11.8 Å². The molecule has 0 spiro atoms. The molecule has 6 heterocycles. The summed E-state index contributed by atoms with van der Waals surface area (Å²) in [5.41, 5.74) is 6.27. The number of carbonyl (C=O) groups excluding carboxylic acids is 5. The summed E-state index contributed by atoms with van der Waals surface area (Å²) in [6.07, 6.45) is 0.425. The van der Waals surface area contributed by atoms with Crippen LogP contribution in [-0.4, -0.2) is 83.4 Å². The lowest BCUT2D eigenvalue weighted by molar-refractivity contribution is -0.122. The molecule has 0 radical (unpaired) electrons. The van der Waals surface area contributed by atoms with Crippen LogP contribution in [0, 0.1) is 0 Å². The van der Waals surface area contributed by atoms with E-state index >= 15 is 0 Å². The number of Topliss-reactive ketones (excluding diaryl/α,β-unsaturated/α-hetero) is 2. The van der Waals surface area contributed by atoms with Crippen LogP contribution in [0.25, 0.3) is 0 Å². The Hall–Kier alpha value is -4.59. The normalized spacial score (nSPS) is 21.3. The molecular formula is C29H34N6O8. The maximum atomic E-state index is 12.3. The smallest absolute Gasteiger partial charge is 0.407 e. The second-order valence-electron chi connectivity index (χ2n) is 11.8. The largest absolute Gasteiger partial charge is 0.484 e. The van der Waals surface area contributed by atoms with E-state index in [4.69, 9.17) is 19.9 Å². The molecule has 4 aliphatic rings. The van der Waals surface area contributed by atoms with E-state index in [1.807, 2.05) is 0 Å². The molecule has 228 valence electrons. The van der Waals surface area contributed by atoms with Crippen molar-refractivity contribution in [2.24, 2.45) is 5.73 Å². The van der Waals surface area contributed by atoms with Crippen LogP contribution < -0.4 is 30.3 Å². The Labute approximate surface area is 247 Å². The quantitative estimate of drug-likeness (QED) is 0.514. The molecule has 2 aromatic rings. The van der Waals surface area contributed by atoms with Crippen LogP contribution >= 0.6 is 0 Å². The Morgan fingerprint density at radius 1 is 0.860 bits per heavy atom. The fourth-order valence-electron chi connectivity index (χ4n) is 5.02. The Balaban J connectivity index is 0.000000180. The molecule has 4 aliphatic heterocycles. The summed E-state index contributed by atoms with van der Waals surface area (Å²) >= 11 is 0. The van der Waals surface area contributed by atoms with Gasteiger partial charge in [-0.1, -0.05) is 0 Å². The third-order valence-corrected chi connectivity index (χ3v) is 6.90. The maximum Gasteiger partial charge on any atom is 0.407 e. The Bertz CT molecular complexity index is 1470. The molecule has 6 rings (SSSR count). The summed E-state index contributed by atoms with van der Waals surface area (Å²) in [6, 6.07) is 6.38. The number of nitrogens with zero attached hydrogens (tertiary/aromatic N) is 4. The lowest BCUT2D eigenvalue weighted by Crippen LogP contribution is -2.40. The zero-order valence-electron chi connectivity index (χ0n) is 24.3. The first kappa shape index (κ1) is 29.9. The summed E-state index contributed by atoms with van der Waals surface area (Å²) < 4.78 is 15.8. The lowest BCUT2D eigenvalue weighted by atomic mass is 10.1. The monoisotopic (exact) mass is 594 g/mol. The molecule has 2 aromatic heterocycles. The average molecular weight is 595 g/mol. The number of nitrogens with two attached hydrogens (primary N) is 1. The van der Waals surface area contributed by atoms with Gasteiger partial charge in [0.05, 0.1) is 30.3 Å². The van der Waals surface area contributed by atoms with Crippen molar-refractivity contribution in [1.29, 1.82) is 0 Å². The topological polar surface area (TPSA) is 183 Å². The van der Waals surface area contributed by atoms with E-state index in [0.29, 0.717) is 54.0 Å². The minimum atomic E-state index is -0.598. The van der Waals surface area contributed by atoms with Crippen molar-refractivity contribution in [2.45, 2.75) is 64.1 Å². The van der Waals surface area contributed by atoms with Crippen LogP contribution in [0.3, 0.4) is 0 Å². The molecule has 14 heteroatoms. The standard InChI is InChI=1S/C17H21N3O5.C12H13N3O3/c1-17(2,3)25-16(23)18-10-6-15(22)20(8-10)14-5-4-13-12(19-14)7-11(21)9-24-13;13-7-3-12(17)15(5-7)11-2-1-10-9(14-11)4-8(16)6-18-10/h4-5,10H,6-9H2,1-3H3,(H,18,23);1-2,7H,3-6,13H2/t10-;7-/m00/s1. The summed E-state index contributed by atoms with van der Waals surface area (Å²) in [4.78, 5) is 70.5. The Morgan fingerprint density at radius 3 is 1.86 bits per heavy atom. The van der Waals surface area contributed by atoms with E-state index < -0.39 is 11.7 Å². The highest BCUT2D eigenvalue weighted by molar-refractivity contribution is 5.96. The lowest BCUT2D eigenvalue weighted by Gasteiger charge is -2.22. The number of hydrogen-bond acceptors (Lipinski definition) is 11. The number of amides is 3. The number of fused-ring (bicyclic) bond motifs is 2. The summed E-state index contributed by atoms with van der Waals surface area (Å²) in [6.45, 7) is 6.26. The van der Waals surface area contributed by atoms with E-state index in [-0.39, 0.29) is 67.9 Å². The number of hydrogen-bond donors (Lipinski definition) is 2. The number of rotatable bonds is 3. The highest BCUT2D eigenvalue weighted by Crippen LogP contribution is 2.28. The average Bonchev–Trinajstić information content (AvgIpc) is 3.46. The maximum absolute atomic E-state index is 12.3. The van der Waals surface area contributed by atoms with Crippen LogP contribution in [0.4, 0.5) is 16.4 Å². The van der Waals surface area contributed by atoms with Gasteiger partial charge in [0, 0.05) is 32.0 Å². The van der Waals surface area contributed by atoms with Gasteiger partial charge in [0.25, 0.3) is 0 Å². The second-order valence-corrected chi connectivity index (χ2v) is 11.8. The third kappa shape index (κ3) is 7.25. The van der Waals surface area contributed by atoms with Gasteiger partial charge >= 0.3 is 6.09 Å². The molecule has 0 bridgehead atoms. The SMILES string of the molecule is CC(C)(C)OC(=O)N[C@H]1CC(=O)N(c2ccc3c(n2)CC(=O)CO3)C1.N[C@H]1CC(=O)N(c2ccc3c(n2)CC(=O)CO3)C1. The Morgan fingerprint density at radius 2 is 1.37 bits per heavy atom. The molecule has 43 heavy (non-hydrogen) atoms. The molecule has 0 saturated carbocycles. The van der Waals surface area contributed by atoms with Crippen molar-refractivity contribution in [3.8, 4) is 11.5 Å². The minimum Gasteiger partial charge on any atom is -0.484 e. The zero-order valence-corrected chi connectivity index (χ0v) is 24.3. The van der Waals surface area contributed by atoms with Gasteiger partial charge < -0.3 is 25.3 Å². The van der Waals surface area contributed by atoms with Gasteiger partial charge in [0.15, 0.2) is 11.6 Å². The summed E-state index contributed by atoms with van der Waals surface area (Å²) in [7, 11) is 0. The zero-order chi connectivity index (χ0) is 30.9. The number of anilines is 2. The van der Waals surface area contributed by atoms with E-state index in [1.54, 1.807) is 49.9 Å². The number of alkyl carbamates (subject to hydrolysis) is 1. The van der Waals surface area contributed by atoms with Crippen molar-refractivity contribution >= 4 is 41.1 Å². The molecule has 3 amide bonds. The first-order chi connectivity index (χ1) is 20.3. The van der Waals surface area contributed by atoms with Crippen molar-refractivity contribution in [2.75, 3.05) is 36.1 Å². The molecule has 14 nitrogen and oxygen atoms in total. The van der Waals surface area contributed by atoms with Crippen LogP contribution in [0.5, 0.6) is 11.5 Å². The molecule has 2 atom stereocenters. The summed E-state index contributed by atoms with van der Waals surface area (Å²) in [5, 5.41) is 2.70. The molecular weight excluding hydrogens is 560 g/mol. The highest BCUT2D eigenvalue weighted by atomic mass is 16.6. The molecule has 3 N–H and O–H groups in total. The van der Waals surface area contributed by atoms with Crippen LogP contribution in [0.2, 0.25) is 0 Å². The van der Waals surface area contributed by atoms with Crippen molar-refractivity contribution in [3.05, 3.63) is 35.7 Å². The number of pyridine rings is 2. The molecule has 0 aromatic carbocycles. The fourth-order valence-corrected chi connectivity index (χ4v) is 5.02. The molecule has 0 unspecified atom stereocenters. The molecule has 2 saturated heterocycles. The first-order valence-electron chi connectivity index (χ1n) is 14.0. The summed E-state index contributed by atoms with van der Waals surface area (Å²) in [5.74, 6) is 1.97. The predicted molar refractivity (Wildman–Crippen MR) is 152 cm³/mol. The third-order valence-electron chi connectivity index (χ3n) is 6.90. The van der Waals surface area contributed by atoms with E-state index in [2.05, 4.69) is 15.3 Å². The minimum absolute atomic E-state index is 0.00315. The number of ketones is 2. The van der Waals surface area contributed by atoms with Gasteiger partial charge in [0.1, 0.15) is 41.9 Å². The van der Waals surface area contributed by atoms with Gasteiger partial charge in [-0.15, -0.1) is 0 Å². The fraction of sp³-hybridized carbons (Fsp3) is 0.483. The first-order valence-corrected chi connectivity index (χ1v) is 14.0. The van der Waals surface area contributed by atoms with Gasteiger partial charge in [-0.05, 0) is 45.0 Å². The number of carbonyl (C=O) groups is 5. The number of aromatic nitrogens is 2.